The zero-order valence-electron chi connectivity index (χ0n) is 15.7. The molecule has 0 saturated heterocycles. The Hall–Kier alpha value is -0.875. The Morgan fingerprint density at radius 1 is 0.783 bits per heavy atom. The molecule has 0 aliphatic carbocycles. The van der Waals surface area contributed by atoms with Gasteiger partial charge < -0.3 is 21.5 Å². The molecule has 0 aliphatic rings. The number of benzene rings is 1. The van der Waals surface area contributed by atoms with Crippen molar-refractivity contribution in [3.8, 4) is 0 Å². The second kappa shape index (κ2) is 17.5. The van der Waals surface area contributed by atoms with Gasteiger partial charge >= 0.3 is 0 Å². The Kier molecular flexibility index (Phi) is 18.5. The van der Waals surface area contributed by atoms with Crippen LogP contribution in [-0.2, 0) is 12.8 Å². The maximum absolute atomic E-state index is 11.0. The monoisotopic (exact) mass is 324 g/mol. The van der Waals surface area contributed by atoms with Crippen molar-refractivity contribution < 1.29 is 21.5 Å². The van der Waals surface area contributed by atoms with Crippen LogP contribution in [0.15, 0.2) is 18.2 Å². The Bertz CT molecular complexity index is 346. The molecular weight excluding hydrogens is 287 g/mol. The molecule has 0 aliphatic heterocycles. The van der Waals surface area contributed by atoms with Crippen molar-refractivity contribution >= 4 is 12.6 Å². The quantitative estimate of drug-likeness (QED) is 0.647. The molecule has 134 valence electrons. The summed E-state index contributed by atoms with van der Waals surface area (Å²) in [7, 11) is -1.85. The molecule has 0 bridgehead atoms. The van der Waals surface area contributed by atoms with E-state index >= 15 is 0 Å². The molecule has 5 heteroatoms. The molecule has 0 aromatic heterocycles. The van der Waals surface area contributed by atoms with Gasteiger partial charge in [0, 0.05) is 0 Å². The van der Waals surface area contributed by atoms with Crippen LogP contribution in [0.1, 0.15) is 64.5 Å². The lowest BCUT2D eigenvalue weighted by Gasteiger charge is -2.28. The van der Waals surface area contributed by atoms with E-state index in [4.69, 9.17) is 0 Å². The molecule has 1 aromatic carbocycles. The first-order chi connectivity index (χ1) is 11.0. The SMILES string of the molecule is CCCCc1cc(CCCC)cc(B([O-])[O-])c1.CC[NH3+].CC[NH3+]. The highest BCUT2D eigenvalue weighted by Crippen LogP contribution is 2.10. The van der Waals surface area contributed by atoms with Gasteiger partial charge in [0.15, 0.2) is 0 Å². The van der Waals surface area contributed by atoms with E-state index in [1.165, 1.54) is 0 Å². The Balaban J connectivity index is 0. The number of unbranched alkanes of at least 4 members (excludes halogenated alkanes) is 2. The molecule has 4 nitrogen and oxygen atoms in total. The normalized spacial score (nSPS) is 9.39. The largest absolute Gasteiger partial charge is 0.889 e. The van der Waals surface area contributed by atoms with Crippen molar-refractivity contribution in [1.82, 2.24) is 0 Å². The number of hydrogen-bond donors (Lipinski definition) is 2. The first-order valence-corrected chi connectivity index (χ1v) is 9.03. The first-order valence-electron chi connectivity index (χ1n) is 9.03. The van der Waals surface area contributed by atoms with E-state index in [0.717, 1.165) is 62.7 Å². The van der Waals surface area contributed by atoms with Gasteiger partial charge in [-0.05, 0) is 50.7 Å². The Morgan fingerprint density at radius 3 is 1.39 bits per heavy atom. The molecule has 0 heterocycles. The van der Waals surface area contributed by atoms with Gasteiger partial charge in [0.1, 0.15) is 0 Å². The summed E-state index contributed by atoms with van der Waals surface area (Å²) in [4.78, 5) is 0. The summed E-state index contributed by atoms with van der Waals surface area (Å²) in [6.45, 7) is 10.3. The zero-order chi connectivity index (χ0) is 18.1. The smallest absolute Gasteiger partial charge is 0.0711 e. The van der Waals surface area contributed by atoms with Crippen molar-refractivity contribution in [1.29, 1.82) is 0 Å². The summed E-state index contributed by atoms with van der Waals surface area (Å²) >= 11 is 0. The van der Waals surface area contributed by atoms with Crippen molar-refractivity contribution in [2.75, 3.05) is 13.1 Å². The molecule has 23 heavy (non-hydrogen) atoms. The average Bonchev–Trinajstić information content (AvgIpc) is 2.52. The third kappa shape index (κ3) is 14.4. The van der Waals surface area contributed by atoms with Crippen LogP contribution >= 0.6 is 0 Å². The number of aryl methyl sites for hydroxylation is 2. The van der Waals surface area contributed by atoms with Crippen LogP contribution in [0.3, 0.4) is 0 Å². The minimum atomic E-state index is -1.85. The molecule has 0 fully saturated rings. The van der Waals surface area contributed by atoms with E-state index in [1.54, 1.807) is 12.1 Å². The Labute approximate surface area is 143 Å². The van der Waals surface area contributed by atoms with Gasteiger partial charge in [-0.15, -0.1) is 5.46 Å². The van der Waals surface area contributed by atoms with Crippen molar-refractivity contribution in [3.05, 3.63) is 29.3 Å². The zero-order valence-corrected chi connectivity index (χ0v) is 15.7. The fourth-order valence-electron chi connectivity index (χ4n) is 1.98. The van der Waals surface area contributed by atoms with Crippen LogP contribution in [0.25, 0.3) is 0 Å². The van der Waals surface area contributed by atoms with Crippen LogP contribution in [0.5, 0.6) is 0 Å². The van der Waals surface area contributed by atoms with Gasteiger partial charge in [0.05, 0.1) is 13.1 Å². The summed E-state index contributed by atoms with van der Waals surface area (Å²) < 4.78 is 0. The van der Waals surface area contributed by atoms with E-state index in [-0.39, 0.29) is 0 Å². The van der Waals surface area contributed by atoms with E-state index in [2.05, 4.69) is 31.4 Å². The second-order valence-electron chi connectivity index (χ2n) is 5.62. The van der Waals surface area contributed by atoms with Crippen LogP contribution in [-0.4, -0.2) is 20.2 Å². The van der Waals surface area contributed by atoms with Crippen molar-refractivity contribution in [2.24, 2.45) is 0 Å². The molecule has 1 aromatic rings. The van der Waals surface area contributed by atoms with E-state index in [0.29, 0.717) is 5.46 Å². The average molecular weight is 324 g/mol. The standard InChI is InChI=1S/C14H21BO2.2C2H7N/c1-3-5-7-12-9-13(8-6-4-2)11-14(10-12)15(16)17;2*1-2-3/h9-11H,3-8H2,1-2H3;2*2-3H2,1H3/q-2;;/p+2. The van der Waals surface area contributed by atoms with Crippen LogP contribution in [0.2, 0.25) is 0 Å². The second-order valence-corrected chi connectivity index (χ2v) is 5.62. The van der Waals surface area contributed by atoms with Gasteiger partial charge in [-0.25, -0.2) is 0 Å². The van der Waals surface area contributed by atoms with E-state index in [9.17, 15) is 10.0 Å². The van der Waals surface area contributed by atoms with Gasteiger partial charge in [-0.2, -0.15) is 0 Å². The predicted molar refractivity (Wildman–Crippen MR) is 95.9 cm³/mol. The summed E-state index contributed by atoms with van der Waals surface area (Å²) in [5, 5.41) is 22.1. The highest BCUT2D eigenvalue weighted by atomic mass is 16.4. The minimum absolute atomic E-state index is 0.407. The molecular formula is C18H37BN2O2. The summed E-state index contributed by atoms with van der Waals surface area (Å²) in [5.74, 6) is 0. The predicted octanol–water partition coefficient (Wildman–Crippen LogP) is -0.716. The van der Waals surface area contributed by atoms with Gasteiger partial charge in [-0.3, -0.25) is 0 Å². The summed E-state index contributed by atoms with van der Waals surface area (Å²) in [6, 6.07) is 5.72. The van der Waals surface area contributed by atoms with Crippen molar-refractivity contribution in [2.45, 2.75) is 66.2 Å². The topological polar surface area (TPSA) is 101 Å². The molecule has 0 radical (unpaired) electrons. The number of rotatable bonds is 7. The molecule has 0 amide bonds. The molecule has 0 unspecified atom stereocenters. The van der Waals surface area contributed by atoms with Crippen LogP contribution < -0.4 is 27.0 Å². The van der Waals surface area contributed by atoms with Gasteiger partial charge in [0.2, 0.25) is 0 Å². The van der Waals surface area contributed by atoms with E-state index in [1.807, 2.05) is 13.8 Å². The number of hydrogen-bond acceptors (Lipinski definition) is 2. The Morgan fingerprint density at radius 2 is 1.13 bits per heavy atom. The number of quaternary nitrogens is 2. The lowest BCUT2D eigenvalue weighted by molar-refractivity contribution is -0.362. The maximum Gasteiger partial charge on any atom is 0.0711 e. The third-order valence-corrected chi connectivity index (χ3v) is 2.99. The lowest BCUT2D eigenvalue weighted by atomic mass is 9.78. The minimum Gasteiger partial charge on any atom is -0.889 e. The lowest BCUT2D eigenvalue weighted by Crippen LogP contribution is -2.55. The van der Waals surface area contributed by atoms with Gasteiger partial charge in [-0.1, -0.05) is 52.0 Å². The highest BCUT2D eigenvalue weighted by Gasteiger charge is 2.00. The van der Waals surface area contributed by atoms with Crippen molar-refractivity contribution in [3.63, 3.8) is 0 Å². The summed E-state index contributed by atoms with van der Waals surface area (Å²) in [5.41, 5.74) is 9.67. The fourth-order valence-corrected chi connectivity index (χ4v) is 1.98. The summed E-state index contributed by atoms with van der Waals surface area (Å²) in [6.07, 6.45) is 6.42. The molecule has 0 spiro atoms. The molecule has 1 rings (SSSR count). The molecule has 0 atom stereocenters. The third-order valence-electron chi connectivity index (χ3n) is 2.99. The van der Waals surface area contributed by atoms with E-state index < -0.39 is 7.12 Å². The fraction of sp³-hybridized carbons (Fsp3) is 0.667. The van der Waals surface area contributed by atoms with Crippen LogP contribution in [0.4, 0.5) is 0 Å². The van der Waals surface area contributed by atoms with Gasteiger partial charge in [0.25, 0.3) is 0 Å². The first kappa shape index (κ1) is 24.4. The maximum atomic E-state index is 11.0. The molecule has 0 saturated carbocycles. The molecule has 6 N–H and O–H groups in total. The highest BCUT2D eigenvalue weighted by molar-refractivity contribution is 6.55. The van der Waals surface area contributed by atoms with Crippen LogP contribution in [0, 0.1) is 0 Å².